The molecule has 0 atom stereocenters. The van der Waals surface area contributed by atoms with Gasteiger partial charge in [0.15, 0.2) is 0 Å². The number of aromatic nitrogens is 3. The van der Waals surface area contributed by atoms with Gasteiger partial charge in [0.25, 0.3) is 0 Å². The maximum atomic E-state index is 12.4. The van der Waals surface area contributed by atoms with E-state index in [9.17, 15) is 4.79 Å². The van der Waals surface area contributed by atoms with Crippen LogP contribution >= 0.6 is 11.3 Å². The van der Waals surface area contributed by atoms with Gasteiger partial charge in [-0.1, -0.05) is 10.3 Å². The van der Waals surface area contributed by atoms with Crippen molar-refractivity contribution in [3.05, 3.63) is 39.7 Å². The summed E-state index contributed by atoms with van der Waals surface area (Å²) < 4.78 is 10.4. The van der Waals surface area contributed by atoms with E-state index in [1.54, 1.807) is 16.2 Å². The molecule has 0 spiro atoms. The fraction of sp³-hybridized carbons (Fsp3) is 0.375. The summed E-state index contributed by atoms with van der Waals surface area (Å²) in [4.78, 5) is 18.6. The van der Waals surface area contributed by atoms with E-state index in [4.69, 9.17) is 9.05 Å². The van der Waals surface area contributed by atoms with E-state index >= 15 is 0 Å². The summed E-state index contributed by atoms with van der Waals surface area (Å²) in [5, 5.41) is 11.9. The van der Waals surface area contributed by atoms with Crippen LogP contribution in [0.25, 0.3) is 11.4 Å². The van der Waals surface area contributed by atoms with Gasteiger partial charge < -0.3 is 13.9 Å². The van der Waals surface area contributed by atoms with Gasteiger partial charge in [0.1, 0.15) is 5.76 Å². The molecule has 24 heavy (non-hydrogen) atoms. The highest BCUT2D eigenvalue weighted by atomic mass is 32.1. The second-order valence-corrected chi connectivity index (χ2v) is 6.72. The van der Waals surface area contributed by atoms with Gasteiger partial charge in [0, 0.05) is 29.6 Å². The molecule has 7 nitrogen and oxygen atoms in total. The first-order chi connectivity index (χ1) is 11.6. The van der Waals surface area contributed by atoms with Crippen molar-refractivity contribution in [1.29, 1.82) is 0 Å². The zero-order valence-corrected chi connectivity index (χ0v) is 14.2. The lowest BCUT2D eigenvalue weighted by Crippen LogP contribution is -2.49. The first-order valence-electron chi connectivity index (χ1n) is 7.67. The van der Waals surface area contributed by atoms with E-state index in [1.807, 2.05) is 30.7 Å². The average Bonchev–Trinajstić information content (AvgIpc) is 3.23. The van der Waals surface area contributed by atoms with Crippen molar-refractivity contribution in [1.82, 2.24) is 20.2 Å². The minimum Gasteiger partial charge on any atom is -0.361 e. The highest BCUT2D eigenvalue weighted by Crippen LogP contribution is 2.29. The van der Waals surface area contributed by atoms with E-state index < -0.39 is 0 Å². The quantitative estimate of drug-likeness (QED) is 0.723. The molecule has 0 unspecified atom stereocenters. The lowest BCUT2D eigenvalue weighted by Gasteiger charge is -2.37. The fourth-order valence-electron chi connectivity index (χ4n) is 2.77. The summed E-state index contributed by atoms with van der Waals surface area (Å²) in [6.07, 6.45) is 0.317. The van der Waals surface area contributed by atoms with E-state index in [1.165, 1.54) is 0 Å². The smallest absolute Gasteiger partial charge is 0.233 e. The summed E-state index contributed by atoms with van der Waals surface area (Å²) in [6, 6.07) is 1.96. The fourth-order valence-corrected chi connectivity index (χ4v) is 3.40. The van der Waals surface area contributed by atoms with Gasteiger partial charge in [-0.15, -0.1) is 0 Å². The minimum atomic E-state index is 0.0678. The Morgan fingerprint density at radius 2 is 2.17 bits per heavy atom. The highest BCUT2D eigenvalue weighted by molar-refractivity contribution is 7.08. The normalized spacial score (nSPS) is 14.8. The number of thiophene rings is 1. The van der Waals surface area contributed by atoms with Crippen LogP contribution in [0.1, 0.15) is 28.8 Å². The van der Waals surface area contributed by atoms with Crippen molar-refractivity contribution in [2.75, 3.05) is 13.1 Å². The van der Waals surface area contributed by atoms with Crippen LogP contribution in [-0.2, 0) is 11.2 Å². The van der Waals surface area contributed by atoms with Crippen molar-refractivity contribution < 1.29 is 13.8 Å². The van der Waals surface area contributed by atoms with Gasteiger partial charge in [-0.25, -0.2) is 0 Å². The standard InChI is InChI=1S/C16H16N4O3S/c1-9-13(10(2)22-18-9)5-14(21)20-6-12(7-20)16-17-15(19-23-16)11-3-4-24-8-11/h3-4,8,12H,5-7H2,1-2H3. The number of likely N-dealkylation sites (tertiary alicyclic amines) is 1. The van der Waals surface area contributed by atoms with E-state index in [2.05, 4.69) is 15.3 Å². The van der Waals surface area contributed by atoms with Gasteiger partial charge in [0.2, 0.25) is 17.6 Å². The van der Waals surface area contributed by atoms with Gasteiger partial charge in [-0.2, -0.15) is 16.3 Å². The van der Waals surface area contributed by atoms with Gasteiger partial charge in [0.05, 0.1) is 18.0 Å². The third kappa shape index (κ3) is 2.62. The third-order valence-electron chi connectivity index (χ3n) is 4.31. The second-order valence-electron chi connectivity index (χ2n) is 5.94. The lowest BCUT2D eigenvalue weighted by molar-refractivity contribution is -0.135. The van der Waals surface area contributed by atoms with Crippen LogP contribution in [0.4, 0.5) is 0 Å². The molecule has 1 aliphatic rings. The number of aryl methyl sites for hydroxylation is 2. The molecule has 0 aromatic carbocycles. The predicted molar refractivity (Wildman–Crippen MR) is 86.6 cm³/mol. The second kappa shape index (κ2) is 5.86. The van der Waals surface area contributed by atoms with Crippen molar-refractivity contribution >= 4 is 17.2 Å². The maximum Gasteiger partial charge on any atom is 0.233 e. The number of hydrogen-bond donors (Lipinski definition) is 0. The highest BCUT2D eigenvalue weighted by Gasteiger charge is 2.36. The summed E-state index contributed by atoms with van der Waals surface area (Å²) in [5.74, 6) is 2.08. The minimum absolute atomic E-state index is 0.0678. The van der Waals surface area contributed by atoms with Crippen LogP contribution < -0.4 is 0 Å². The Kier molecular flexibility index (Phi) is 3.68. The first kappa shape index (κ1) is 15.1. The Balaban J connectivity index is 1.37. The number of nitrogens with zero attached hydrogens (tertiary/aromatic N) is 4. The Labute approximate surface area is 142 Å². The molecule has 124 valence electrons. The molecule has 1 amide bonds. The Morgan fingerprint density at radius 3 is 2.83 bits per heavy atom. The Bertz CT molecular complexity index is 842. The predicted octanol–water partition coefficient (Wildman–Crippen LogP) is 2.57. The van der Waals surface area contributed by atoms with Crippen LogP contribution in [0, 0.1) is 13.8 Å². The van der Waals surface area contributed by atoms with Crippen molar-refractivity contribution in [2.45, 2.75) is 26.2 Å². The van der Waals surface area contributed by atoms with Crippen LogP contribution in [0.5, 0.6) is 0 Å². The molecule has 0 saturated carbocycles. The zero-order valence-electron chi connectivity index (χ0n) is 13.4. The van der Waals surface area contributed by atoms with Gasteiger partial charge >= 0.3 is 0 Å². The molecule has 4 rings (SSSR count). The molecule has 8 heteroatoms. The first-order valence-corrected chi connectivity index (χ1v) is 8.62. The molecule has 0 aliphatic carbocycles. The molecule has 0 radical (unpaired) electrons. The van der Waals surface area contributed by atoms with E-state index in [-0.39, 0.29) is 11.8 Å². The molecular formula is C16H16N4O3S. The van der Waals surface area contributed by atoms with Crippen LogP contribution in [0.3, 0.4) is 0 Å². The Morgan fingerprint density at radius 1 is 1.33 bits per heavy atom. The number of carbonyl (C=O) groups is 1. The van der Waals surface area contributed by atoms with Gasteiger partial charge in [-0.3, -0.25) is 4.79 Å². The molecular weight excluding hydrogens is 328 g/mol. The monoisotopic (exact) mass is 344 g/mol. The zero-order chi connectivity index (χ0) is 16.7. The van der Waals surface area contributed by atoms with Crippen LogP contribution in [0.15, 0.2) is 25.9 Å². The van der Waals surface area contributed by atoms with Crippen molar-refractivity contribution in [2.24, 2.45) is 0 Å². The summed E-state index contributed by atoms with van der Waals surface area (Å²) in [7, 11) is 0. The lowest BCUT2D eigenvalue weighted by atomic mass is 9.98. The molecule has 1 fully saturated rings. The molecule has 3 aromatic heterocycles. The molecule has 3 aromatic rings. The largest absolute Gasteiger partial charge is 0.361 e. The molecule has 0 bridgehead atoms. The maximum absolute atomic E-state index is 12.4. The summed E-state index contributed by atoms with van der Waals surface area (Å²) >= 11 is 1.59. The van der Waals surface area contributed by atoms with Crippen LogP contribution in [-0.4, -0.2) is 39.2 Å². The third-order valence-corrected chi connectivity index (χ3v) is 5.00. The number of carbonyl (C=O) groups excluding carboxylic acids is 1. The van der Waals surface area contributed by atoms with Crippen LogP contribution in [0.2, 0.25) is 0 Å². The van der Waals surface area contributed by atoms with Crippen molar-refractivity contribution in [3.8, 4) is 11.4 Å². The van der Waals surface area contributed by atoms with E-state index in [0.29, 0.717) is 37.0 Å². The number of amides is 1. The molecule has 4 heterocycles. The topological polar surface area (TPSA) is 85.3 Å². The number of rotatable bonds is 4. The van der Waals surface area contributed by atoms with E-state index in [0.717, 1.165) is 16.8 Å². The SMILES string of the molecule is Cc1noc(C)c1CC(=O)N1CC(c2nc(-c3ccsc3)no2)C1. The average molecular weight is 344 g/mol. The molecule has 1 saturated heterocycles. The molecule has 0 N–H and O–H groups in total. The van der Waals surface area contributed by atoms with Gasteiger partial charge in [-0.05, 0) is 25.3 Å². The van der Waals surface area contributed by atoms with Crippen molar-refractivity contribution in [3.63, 3.8) is 0 Å². The molecule has 1 aliphatic heterocycles. The number of hydrogen-bond acceptors (Lipinski definition) is 7. The Hall–Kier alpha value is -2.48. The summed E-state index contributed by atoms with van der Waals surface area (Å²) in [6.45, 7) is 4.88. The summed E-state index contributed by atoms with van der Waals surface area (Å²) in [5.41, 5.74) is 2.61.